The van der Waals surface area contributed by atoms with Crippen LogP contribution in [0.1, 0.15) is 22.3 Å². The number of allylic oxidation sites excluding steroid dienone is 4. The van der Waals surface area contributed by atoms with Gasteiger partial charge in [-0.3, -0.25) is 0 Å². The van der Waals surface area contributed by atoms with Crippen molar-refractivity contribution in [3.8, 4) is 44.5 Å². The van der Waals surface area contributed by atoms with E-state index in [0.717, 1.165) is 22.5 Å². The average molecular weight is 971 g/mol. The average Bonchev–Trinajstić information content (AvgIpc) is 4.15. The highest BCUT2D eigenvalue weighted by Gasteiger charge is 2.27. The lowest BCUT2D eigenvalue weighted by atomic mass is 9.84. The van der Waals surface area contributed by atoms with Crippen LogP contribution < -0.4 is 10.6 Å². The summed E-state index contributed by atoms with van der Waals surface area (Å²) >= 11 is 0. The van der Waals surface area contributed by atoms with Crippen LogP contribution >= 0.6 is 0 Å². The molecule has 2 unspecified atom stereocenters. The molecule has 4 aliphatic heterocycles. The van der Waals surface area contributed by atoms with Crippen LogP contribution in [0, 0.1) is 0 Å². The van der Waals surface area contributed by atoms with E-state index < -0.39 is 0 Å². The van der Waals surface area contributed by atoms with Gasteiger partial charge in [-0.2, -0.15) is 0 Å². The summed E-state index contributed by atoms with van der Waals surface area (Å²) in [4.78, 5) is 4.54. The van der Waals surface area contributed by atoms with E-state index in [1.807, 2.05) is 0 Å². The Morgan fingerprint density at radius 3 is 0.763 bits per heavy atom. The zero-order valence-electron chi connectivity index (χ0n) is 41.6. The zero-order valence-corrected chi connectivity index (χ0v) is 41.6. The zero-order chi connectivity index (χ0) is 50.1. The summed E-state index contributed by atoms with van der Waals surface area (Å²) in [5.74, 6) is 0. The Morgan fingerprint density at radius 2 is 0.487 bits per heavy atom. The summed E-state index contributed by atoms with van der Waals surface area (Å²) in [6.45, 7) is 0. The van der Waals surface area contributed by atoms with Crippen molar-refractivity contribution in [3.63, 3.8) is 0 Å². The van der Waals surface area contributed by atoms with Gasteiger partial charge in [0.25, 0.3) is 0 Å². The second-order valence-electron chi connectivity index (χ2n) is 20.2. The Morgan fingerprint density at radius 1 is 0.237 bits per heavy atom. The van der Waals surface area contributed by atoms with Crippen molar-refractivity contribution in [3.05, 3.63) is 302 Å². The van der Waals surface area contributed by atoms with Gasteiger partial charge in [0.05, 0.1) is 11.4 Å². The largest absolute Gasteiger partial charge is 0.360 e. The standard InChI is InChI=1S/C72H50N4/c1-3-15-47(16-4-1)55-39-41-67-73-65(45-75(67)43-55)49-27-31-51(32-28-49)69-57-19-7-11-23-61(57)71(62-24-12-8-20-58(62)69)53-35-37-54(38-36-53)72-63-25-13-9-21-59(63)70(60-22-10-14-26-64(60)72)52-33-29-50(30-34-52)66-46-76-44-56(40-42-68(76)74-66)48-17-5-2-6-18-48/h1-46,67-68,73-74H. The third kappa shape index (κ3) is 7.37. The molecule has 0 bridgehead atoms. The van der Waals surface area contributed by atoms with E-state index in [1.54, 1.807) is 0 Å². The smallest absolute Gasteiger partial charge is 0.122 e. The number of benzene rings is 11. The molecule has 76 heavy (non-hydrogen) atoms. The van der Waals surface area contributed by atoms with E-state index in [1.165, 1.54) is 110 Å². The lowest BCUT2D eigenvalue weighted by Crippen LogP contribution is -2.32. The Hall–Kier alpha value is -9.90. The number of hydrogen-bond acceptors (Lipinski definition) is 4. The highest BCUT2D eigenvalue weighted by atomic mass is 15.3. The molecule has 0 amide bonds. The molecule has 4 heteroatoms. The summed E-state index contributed by atoms with van der Waals surface area (Å²) in [5.41, 5.74) is 19.2. The fourth-order valence-electron chi connectivity index (χ4n) is 12.2. The van der Waals surface area contributed by atoms with Crippen molar-refractivity contribution in [2.45, 2.75) is 12.3 Å². The van der Waals surface area contributed by atoms with Crippen LogP contribution in [0.5, 0.6) is 0 Å². The molecule has 2 N–H and O–H groups in total. The van der Waals surface area contributed by atoms with Crippen LogP contribution in [0.15, 0.2) is 280 Å². The molecule has 11 aromatic carbocycles. The maximum atomic E-state index is 3.73. The predicted octanol–water partition coefficient (Wildman–Crippen LogP) is 17.2. The molecule has 15 rings (SSSR count). The minimum atomic E-state index is 0.0961. The summed E-state index contributed by atoms with van der Waals surface area (Å²) in [6.07, 6.45) is 18.0. The van der Waals surface area contributed by atoms with Crippen LogP contribution in [0.3, 0.4) is 0 Å². The monoisotopic (exact) mass is 970 g/mol. The predicted molar refractivity (Wildman–Crippen MR) is 319 cm³/mol. The fraction of sp³-hybridized carbons (Fsp3) is 0.0278. The van der Waals surface area contributed by atoms with Crippen LogP contribution in [0.2, 0.25) is 0 Å². The van der Waals surface area contributed by atoms with Gasteiger partial charge in [-0.25, -0.2) is 0 Å². The summed E-state index contributed by atoms with van der Waals surface area (Å²) < 4.78 is 0. The molecular weight excluding hydrogens is 921 g/mol. The first-order valence-corrected chi connectivity index (χ1v) is 26.3. The van der Waals surface area contributed by atoms with E-state index >= 15 is 0 Å². The van der Waals surface area contributed by atoms with E-state index in [0.29, 0.717) is 0 Å². The molecule has 0 aliphatic carbocycles. The van der Waals surface area contributed by atoms with E-state index in [4.69, 9.17) is 0 Å². The molecule has 11 aromatic rings. The maximum absolute atomic E-state index is 3.73. The molecule has 358 valence electrons. The second-order valence-corrected chi connectivity index (χ2v) is 20.2. The van der Waals surface area contributed by atoms with Gasteiger partial charge in [-0.1, -0.05) is 243 Å². The maximum Gasteiger partial charge on any atom is 0.122 e. The van der Waals surface area contributed by atoms with Crippen molar-refractivity contribution < 1.29 is 0 Å². The molecule has 0 saturated carbocycles. The van der Waals surface area contributed by atoms with Gasteiger partial charge in [0.2, 0.25) is 0 Å². The molecule has 4 aliphatic rings. The third-order valence-corrected chi connectivity index (χ3v) is 15.8. The Bertz CT molecular complexity index is 3920. The minimum absolute atomic E-state index is 0.0961. The number of nitrogens with zero attached hydrogens (tertiary/aromatic N) is 2. The quantitative estimate of drug-likeness (QED) is 0.149. The second kappa shape index (κ2) is 17.9. The van der Waals surface area contributed by atoms with Crippen molar-refractivity contribution in [1.82, 2.24) is 20.4 Å². The number of nitrogens with one attached hydrogen (secondary N) is 2. The summed E-state index contributed by atoms with van der Waals surface area (Å²) in [7, 11) is 0. The number of fused-ring (bicyclic) bond motifs is 6. The Balaban J connectivity index is 0.762. The molecule has 4 nitrogen and oxygen atoms in total. The van der Waals surface area contributed by atoms with Gasteiger partial charge < -0.3 is 20.4 Å². The first kappa shape index (κ1) is 43.7. The van der Waals surface area contributed by atoms with E-state index in [2.05, 4.69) is 300 Å². The SMILES string of the molecule is C1=CC2NC(c3ccc(-c4c5ccccc5c(-c5ccc(-c6c7ccccc7c(-c7ccc(C8=CN9C=C(c%10ccccc%10)C=CC9N8)cc7)c7ccccc67)cc5)c5ccccc45)cc3)=CN2C=C1c1ccccc1. The van der Waals surface area contributed by atoms with Gasteiger partial charge >= 0.3 is 0 Å². The van der Waals surface area contributed by atoms with Gasteiger partial charge in [0.1, 0.15) is 12.3 Å². The first-order valence-electron chi connectivity index (χ1n) is 26.3. The molecule has 0 radical (unpaired) electrons. The van der Waals surface area contributed by atoms with Gasteiger partial charge in [-0.05, 0) is 133 Å². The molecule has 0 aromatic heterocycles. The number of hydrogen-bond donors (Lipinski definition) is 2. The van der Waals surface area contributed by atoms with Crippen molar-refractivity contribution in [2.24, 2.45) is 0 Å². The molecule has 4 heterocycles. The Kier molecular flexibility index (Phi) is 10.3. The summed E-state index contributed by atoms with van der Waals surface area (Å²) in [6, 6.07) is 84.5. The van der Waals surface area contributed by atoms with Crippen LogP contribution in [0.4, 0.5) is 0 Å². The van der Waals surface area contributed by atoms with Crippen LogP contribution in [0.25, 0.3) is 110 Å². The highest BCUT2D eigenvalue weighted by Crippen LogP contribution is 2.47. The first-order chi connectivity index (χ1) is 37.7. The summed E-state index contributed by atoms with van der Waals surface area (Å²) in [5, 5.41) is 17.4. The van der Waals surface area contributed by atoms with Crippen LogP contribution in [-0.2, 0) is 0 Å². The van der Waals surface area contributed by atoms with Gasteiger partial charge in [0, 0.05) is 24.8 Å². The van der Waals surface area contributed by atoms with Gasteiger partial charge in [0.15, 0.2) is 0 Å². The van der Waals surface area contributed by atoms with Crippen LogP contribution in [-0.4, -0.2) is 22.1 Å². The third-order valence-electron chi connectivity index (χ3n) is 15.8. The van der Waals surface area contributed by atoms with Crippen molar-refractivity contribution in [2.75, 3.05) is 0 Å². The molecule has 0 fully saturated rings. The van der Waals surface area contributed by atoms with Crippen molar-refractivity contribution in [1.29, 1.82) is 0 Å². The number of rotatable bonds is 8. The van der Waals surface area contributed by atoms with Gasteiger partial charge in [-0.15, -0.1) is 0 Å². The molecule has 2 atom stereocenters. The normalized spacial score (nSPS) is 16.5. The molecule has 0 saturated heterocycles. The lowest BCUT2D eigenvalue weighted by Gasteiger charge is -2.24. The molecular formula is C72H50N4. The van der Waals surface area contributed by atoms with Crippen molar-refractivity contribution >= 4 is 65.6 Å². The highest BCUT2D eigenvalue weighted by molar-refractivity contribution is 6.23. The molecule has 0 spiro atoms. The topological polar surface area (TPSA) is 30.5 Å². The van der Waals surface area contributed by atoms with E-state index in [-0.39, 0.29) is 12.3 Å². The fourth-order valence-corrected chi connectivity index (χ4v) is 12.2. The Labute approximate surface area is 442 Å². The lowest BCUT2D eigenvalue weighted by molar-refractivity contribution is 0.429. The minimum Gasteiger partial charge on any atom is -0.360 e. The van der Waals surface area contributed by atoms with E-state index in [9.17, 15) is 0 Å².